The van der Waals surface area contributed by atoms with Crippen molar-refractivity contribution in [3.05, 3.63) is 35.4 Å². The van der Waals surface area contributed by atoms with Gasteiger partial charge >= 0.3 is 0 Å². The Bertz CT molecular complexity index is 362. The van der Waals surface area contributed by atoms with E-state index in [1.54, 1.807) is 6.07 Å². The van der Waals surface area contributed by atoms with E-state index < -0.39 is 17.0 Å². The monoisotopic (exact) mass is 213 g/mol. The normalized spacial score (nSPS) is 25.8. The van der Waals surface area contributed by atoms with Crippen LogP contribution in [0.25, 0.3) is 0 Å². The van der Waals surface area contributed by atoms with Crippen molar-refractivity contribution in [2.24, 2.45) is 0 Å². The maximum atomic E-state index is 13.6. The molecule has 82 valence electrons. The number of benzene rings is 1. The van der Waals surface area contributed by atoms with Gasteiger partial charge in [-0.1, -0.05) is 12.1 Å². The molecule has 2 N–H and O–H groups in total. The lowest BCUT2D eigenvalue weighted by atomic mass is 9.80. The Kier molecular flexibility index (Phi) is 2.71. The van der Waals surface area contributed by atoms with Crippen LogP contribution in [0.5, 0.6) is 0 Å². The molecule has 0 saturated carbocycles. The van der Waals surface area contributed by atoms with E-state index in [1.165, 1.54) is 6.07 Å². The van der Waals surface area contributed by atoms with Gasteiger partial charge in [-0.2, -0.15) is 0 Å². The molecule has 0 amide bonds. The van der Waals surface area contributed by atoms with Crippen LogP contribution in [0.2, 0.25) is 0 Å². The van der Waals surface area contributed by atoms with Gasteiger partial charge in [-0.05, 0) is 19.0 Å². The van der Waals surface area contributed by atoms with Crippen molar-refractivity contribution in [1.82, 2.24) is 5.32 Å². The summed E-state index contributed by atoms with van der Waals surface area (Å²) >= 11 is 0. The summed E-state index contributed by atoms with van der Waals surface area (Å²) in [5.41, 5.74) is -0.387. The number of aliphatic hydroxyl groups is 1. The van der Waals surface area contributed by atoms with Gasteiger partial charge in [0.1, 0.15) is 0 Å². The number of halogens is 2. The summed E-state index contributed by atoms with van der Waals surface area (Å²) < 4.78 is 26.6. The van der Waals surface area contributed by atoms with Crippen LogP contribution in [0.1, 0.15) is 12.0 Å². The third-order valence-electron chi connectivity index (χ3n) is 3.07. The molecule has 0 radical (unpaired) electrons. The molecule has 1 heterocycles. The lowest BCUT2D eigenvalue weighted by Gasteiger charge is -2.26. The minimum absolute atomic E-state index is 0.166. The zero-order valence-corrected chi connectivity index (χ0v) is 8.26. The van der Waals surface area contributed by atoms with Gasteiger partial charge in [0.25, 0.3) is 0 Å². The topological polar surface area (TPSA) is 32.3 Å². The van der Waals surface area contributed by atoms with Gasteiger partial charge in [0.2, 0.25) is 0 Å². The van der Waals surface area contributed by atoms with Crippen molar-refractivity contribution in [3.8, 4) is 0 Å². The smallest absolute Gasteiger partial charge is 0.162 e. The first-order valence-corrected chi connectivity index (χ1v) is 4.96. The van der Waals surface area contributed by atoms with Crippen LogP contribution in [-0.2, 0) is 5.41 Å². The fourth-order valence-corrected chi connectivity index (χ4v) is 2.11. The molecule has 0 spiro atoms. The molecule has 1 aromatic carbocycles. The molecule has 0 bridgehead atoms. The molecule has 15 heavy (non-hydrogen) atoms. The van der Waals surface area contributed by atoms with Crippen LogP contribution in [0, 0.1) is 11.6 Å². The second kappa shape index (κ2) is 3.87. The van der Waals surface area contributed by atoms with Crippen LogP contribution in [0.15, 0.2) is 18.2 Å². The molecule has 1 aliphatic heterocycles. The molecule has 1 fully saturated rings. The first-order chi connectivity index (χ1) is 7.19. The van der Waals surface area contributed by atoms with Crippen LogP contribution in [-0.4, -0.2) is 24.8 Å². The zero-order chi connectivity index (χ0) is 10.9. The predicted octanol–water partition coefficient (Wildman–Crippen LogP) is 1.19. The van der Waals surface area contributed by atoms with E-state index in [0.29, 0.717) is 13.0 Å². The highest BCUT2D eigenvalue weighted by atomic mass is 19.2. The second-order valence-electron chi connectivity index (χ2n) is 3.97. The van der Waals surface area contributed by atoms with E-state index in [1.807, 2.05) is 0 Å². The van der Waals surface area contributed by atoms with Gasteiger partial charge in [0, 0.05) is 17.5 Å². The SMILES string of the molecule is OCC1(c2cccc(F)c2F)CCNC1. The molecular weight excluding hydrogens is 200 g/mol. The van der Waals surface area contributed by atoms with Crippen molar-refractivity contribution >= 4 is 0 Å². The Hall–Kier alpha value is -1.00. The van der Waals surface area contributed by atoms with E-state index in [2.05, 4.69) is 5.32 Å². The first kappa shape index (κ1) is 10.5. The molecule has 2 rings (SSSR count). The summed E-state index contributed by atoms with van der Waals surface area (Å²) in [6, 6.07) is 4.11. The van der Waals surface area contributed by atoms with Crippen molar-refractivity contribution in [2.75, 3.05) is 19.7 Å². The molecular formula is C11H13F2NO. The quantitative estimate of drug-likeness (QED) is 0.773. The average Bonchev–Trinajstić information content (AvgIpc) is 2.72. The molecule has 1 saturated heterocycles. The third kappa shape index (κ3) is 1.64. The van der Waals surface area contributed by atoms with Crippen LogP contribution in [0.4, 0.5) is 8.78 Å². The van der Waals surface area contributed by atoms with Gasteiger partial charge in [-0.3, -0.25) is 0 Å². The number of nitrogens with one attached hydrogen (secondary N) is 1. The Morgan fingerprint density at radius 2 is 2.20 bits per heavy atom. The molecule has 1 unspecified atom stereocenters. The molecule has 1 aliphatic rings. The van der Waals surface area contributed by atoms with E-state index >= 15 is 0 Å². The molecule has 1 atom stereocenters. The van der Waals surface area contributed by atoms with Crippen molar-refractivity contribution in [2.45, 2.75) is 11.8 Å². The summed E-state index contributed by atoms with van der Waals surface area (Å²) in [5.74, 6) is -1.69. The Balaban J connectivity index is 2.47. The van der Waals surface area contributed by atoms with Crippen LogP contribution < -0.4 is 5.32 Å². The van der Waals surface area contributed by atoms with Crippen molar-refractivity contribution < 1.29 is 13.9 Å². The number of aliphatic hydroxyl groups excluding tert-OH is 1. The predicted molar refractivity (Wildman–Crippen MR) is 52.6 cm³/mol. The Labute approximate surface area is 86.9 Å². The first-order valence-electron chi connectivity index (χ1n) is 4.96. The lowest BCUT2D eigenvalue weighted by Crippen LogP contribution is -2.34. The number of rotatable bonds is 2. The summed E-state index contributed by atoms with van der Waals surface area (Å²) in [4.78, 5) is 0. The highest BCUT2D eigenvalue weighted by Crippen LogP contribution is 2.32. The molecule has 2 nitrogen and oxygen atoms in total. The number of hydrogen-bond donors (Lipinski definition) is 2. The van der Waals surface area contributed by atoms with E-state index in [4.69, 9.17) is 0 Å². The van der Waals surface area contributed by atoms with Gasteiger partial charge in [-0.25, -0.2) is 8.78 Å². The van der Waals surface area contributed by atoms with Gasteiger partial charge < -0.3 is 10.4 Å². The Morgan fingerprint density at radius 3 is 2.80 bits per heavy atom. The number of hydrogen-bond acceptors (Lipinski definition) is 2. The Morgan fingerprint density at radius 1 is 1.40 bits per heavy atom. The van der Waals surface area contributed by atoms with E-state index in [9.17, 15) is 13.9 Å². The minimum Gasteiger partial charge on any atom is -0.395 e. The highest BCUT2D eigenvalue weighted by molar-refractivity contribution is 5.30. The average molecular weight is 213 g/mol. The minimum atomic E-state index is -0.854. The summed E-state index contributed by atoms with van der Waals surface area (Å²) in [5, 5.41) is 12.4. The largest absolute Gasteiger partial charge is 0.395 e. The zero-order valence-electron chi connectivity index (χ0n) is 8.26. The lowest BCUT2D eigenvalue weighted by molar-refractivity contribution is 0.201. The summed E-state index contributed by atoms with van der Waals surface area (Å²) in [6.45, 7) is 1.04. The molecule has 0 aliphatic carbocycles. The van der Waals surface area contributed by atoms with E-state index in [-0.39, 0.29) is 12.2 Å². The van der Waals surface area contributed by atoms with Gasteiger partial charge in [-0.15, -0.1) is 0 Å². The van der Waals surface area contributed by atoms with Crippen LogP contribution in [0.3, 0.4) is 0 Å². The second-order valence-corrected chi connectivity index (χ2v) is 3.97. The van der Waals surface area contributed by atoms with Gasteiger partial charge in [0.05, 0.1) is 6.61 Å². The fraction of sp³-hybridized carbons (Fsp3) is 0.455. The molecule has 1 aromatic rings. The third-order valence-corrected chi connectivity index (χ3v) is 3.07. The van der Waals surface area contributed by atoms with E-state index in [0.717, 1.165) is 12.6 Å². The van der Waals surface area contributed by atoms with Crippen molar-refractivity contribution in [1.29, 1.82) is 0 Å². The highest BCUT2D eigenvalue weighted by Gasteiger charge is 2.37. The van der Waals surface area contributed by atoms with Gasteiger partial charge in [0.15, 0.2) is 11.6 Å². The maximum absolute atomic E-state index is 13.6. The fourth-order valence-electron chi connectivity index (χ4n) is 2.11. The standard InChI is InChI=1S/C11H13F2NO/c12-9-3-1-2-8(10(9)13)11(7-15)4-5-14-6-11/h1-3,14-15H,4-7H2. The maximum Gasteiger partial charge on any atom is 0.162 e. The summed E-state index contributed by atoms with van der Waals surface area (Å²) in [7, 11) is 0. The molecule has 4 heteroatoms. The van der Waals surface area contributed by atoms with Crippen LogP contribution >= 0.6 is 0 Å². The summed E-state index contributed by atoms with van der Waals surface area (Å²) in [6.07, 6.45) is 0.629. The van der Waals surface area contributed by atoms with Crippen molar-refractivity contribution in [3.63, 3.8) is 0 Å². The molecule has 0 aromatic heterocycles.